The topological polar surface area (TPSA) is 77.6 Å². The summed E-state index contributed by atoms with van der Waals surface area (Å²) in [6, 6.07) is 12.1. The van der Waals surface area contributed by atoms with Crippen molar-refractivity contribution in [2.75, 3.05) is 6.54 Å². The van der Waals surface area contributed by atoms with E-state index in [-0.39, 0.29) is 24.5 Å². The molecule has 0 saturated heterocycles. The first-order valence-corrected chi connectivity index (χ1v) is 11.8. The Morgan fingerprint density at radius 1 is 1.09 bits per heavy atom. The van der Waals surface area contributed by atoms with E-state index in [0.717, 1.165) is 35.7 Å². The number of nitrogens with zero attached hydrogens (tertiary/aromatic N) is 2. The highest BCUT2D eigenvalue weighted by Crippen LogP contribution is 2.28. The predicted molar refractivity (Wildman–Crippen MR) is 131 cm³/mol. The average Bonchev–Trinajstić information content (AvgIpc) is 3.22. The van der Waals surface area contributed by atoms with E-state index in [2.05, 4.69) is 12.1 Å². The van der Waals surface area contributed by atoms with Gasteiger partial charge < -0.3 is 15.0 Å². The van der Waals surface area contributed by atoms with Crippen LogP contribution in [0.3, 0.4) is 0 Å². The number of hydrogen-bond acceptors (Lipinski definition) is 4. The number of carbonyl (C=O) groups excluding carboxylic acids is 1. The van der Waals surface area contributed by atoms with Crippen LogP contribution in [0.4, 0.5) is 9.18 Å². The molecular formula is C27H32FN3O3. The van der Waals surface area contributed by atoms with Crippen LogP contribution in [0.2, 0.25) is 0 Å². The van der Waals surface area contributed by atoms with E-state index in [1.165, 1.54) is 28.2 Å². The number of hydrogen-bond donors (Lipinski definition) is 1. The molecule has 1 heterocycles. The minimum absolute atomic E-state index is 0.0721. The Kier molecular flexibility index (Phi) is 6.75. The highest BCUT2D eigenvalue weighted by atomic mass is 19.1. The van der Waals surface area contributed by atoms with Gasteiger partial charge in [-0.3, -0.25) is 9.69 Å². The summed E-state index contributed by atoms with van der Waals surface area (Å²) in [6.07, 6.45) is 2.64. The van der Waals surface area contributed by atoms with Crippen molar-refractivity contribution in [3.63, 3.8) is 0 Å². The standard InChI is InChI=1S/C27H32FN3O3/c1-27(2,3)34-26(33)30(16-18-7-9-23(28)10-8-18)17-22-14-21-13-19-5-4-6-20(19)15-24(21)31(12-11-29)25(22)32/h7-10,13-15H,4-6,11-12,16-17,29H2,1-3H3. The number of fused-ring (bicyclic) bond motifs is 2. The van der Waals surface area contributed by atoms with E-state index >= 15 is 0 Å². The van der Waals surface area contributed by atoms with Crippen molar-refractivity contribution >= 4 is 17.0 Å². The normalized spacial score (nSPS) is 13.2. The van der Waals surface area contributed by atoms with Gasteiger partial charge in [0.1, 0.15) is 11.4 Å². The molecule has 2 aromatic carbocycles. The molecule has 0 atom stereocenters. The lowest BCUT2D eigenvalue weighted by Crippen LogP contribution is -2.38. The molecule has 0 radical (unpaired) electrons. The molecule has 0 unspecified atom stereocenters. The van der Waals surface area contributed by atoms with Gasteiger partial charge in [-0.25, -0.2) is 9.18 Å². The monoisotopic (exact) mass is 465 g/mol. The number of aryl methyl sites for hydroxylation is 2. The first kappa shape index (κ1) is 24.0. The zero-order valence-corrected chi connectivity index (χ0v) is 20.1. The van der Waals surface area contributed by atoms with Crippen LogP contribution in [0.5, 0.6) is 0 Å². The summed E-state index contributed by atoms with van der Waals surface area (Å²) in [5.41, 5.74) is 9.70. The number of benzene rings is 2. The van der Waals surface area contributed by atoms with Gasteiger partial charge in [0.25, 0.3) is 5.56 Å². The van der Waals surface area contributed by atoms with E-state index in [0.29, 0.717) is 18.7 Å². The Morgan fingerprint density at radius 2 is 1.76 bits per heavy atom. The highest BCUT2D eigenvalue weighted by Gasteiger charge is 2.24. The minimum atomic E-state index is -0.693. The third-order valence-corrected chi connectivity index (χ3v) is 6.03. The smallest absolute Gasteiger partial charge is 0.410 e. The molecule has 3 aromatic rings. The SMILES string of the molecule is CC(C)(C)OC(=O)N(Cc1ccc(F)cc1)Cc1cc2cc3c(cc2n(CCN)c1=O)CCC3. The molecule has 1 aromatic heterocycles. The predicted octanol–water partition coefficient (Wildman–Crippen LogP) is 4.53. The van der Waals surface area contributed by atoms with Crippen LogP contribution >= 0.6 is 0 Å². The van der Waals surface area contributed by atoms with Gasteiger partial charge in [0, 0.05) is 25.2 Å². The van der Waals surface area contributed by atoms with Crippen molar-refractivity contribution < 1.29 is 13.9 Å². The Balaban J connectivity index is 1.75. The third kappa shape index (κ3) is 5.30. The fraction of sp³-hybridized carbons (Fsp3) is 0.407. The number of halogens is 1. The molecule has 1 amide bonds. The van der Waals surface area contributed by atoms with Crippen molar-refractivity contribution in [3.05, 3.63) is 80.9 Å². The summed E-state index contributed by atoms with van der Waals surface area (Å²) in [5, 5.41) is 0.967. The molecule has 1 aliphatic carbocycles. The van der Waals surface area contributed by atoms with Crippen LogP contribution in [0.25, 0.3) is 10.9 Å². The lowest BCUT2D eigenvalue weighted by atomic mass is 10.0. The van der Waals surface area contributed by atoms with Crippen LogP contribution in [-0.4, -0.2) is 27.7 Å². The van der Waals surface area contributed by atoms with Crippen LogP contribution in [0.1, 0.15) is 49.4 Å². The molecule has 0 spiro atoms. The molecule has 0 saturated carbocycles. The van der Waals surface area contributed by atoms with Crippen molar-refractivity contribution in [2.45, 2.75) is 65.3 Å². The van der Waals surface area contributed by atoms with Gasteiger partial charge in [0.05, 0.1) is 12.1 Å². The molecule has 34 heavy (non-hydrogen) atoms. The van der Waals surface area contributed by atoms with Crippen LogP contribution in [0.15, 0.2) is 47.3 Å². The number of carbonyl (C=O) groups is 1. The number of pyridine rings is 1. The highest BCUT2D eigenvalue weighted by molar-refractivity contribution is 5.82. The van der Waals surface area contributed by atoms with E-state index < -0.39 is 11.7 Å². The summed E-state index contributed by atoms with van der Waals surface area (Å²) < 4.78 is 20.7. The minimum Gasteiger partial charge on any atom is -0.444 e. The van der Waals surface area contributed by atoms with Gasteiger partial charge in [-0.1, -0.05) is 12.1 Å². The Bertz CT molecular complexity index is 1260. The van der Waals surface area contributed by atoms with Gasteiger partial charge in [0.2, 0.25) is 0 Å². The van der Waals surface area contributed by atoms with Crippen LogP contribution < -0.4 is 11.3 Å². The van der Waals surface area contributed by atoms with Gasteiger partial charge in [-0.15, -0.1) is 0 Å². The lowest BCUT2D eigenvalue weighted by Gasteiger charge is -2.28. The van der Waals surface area contributed by atoms with Crippen LogP contribution in [-0.2, 0) is 37.2 Å². The van der Waals surface area contributed by atoms with E-state index in [9.17, 15) is 14.0 Å². The van der Waals surface area contributed by atoms with Gasteiger partial charge in [-0.05, 0) is 92.4 Å². The van der Waals surface area contributed by atoms with Crippen molar-refractivity contribution in [3.8, 4) is 0 Å². The summed E-state index contributed by atoms with van der Waals surface area (Å²) in [7, 11) is 0. The second kappa shape index (κ2) is 9.58. The van der Waals surface area contributed by atoms with Crippen molar-refractivity contribution in [1.82, 2.24) is 9.47 Å². The molecule has 4 rings (SSSR count). The Morgan fingerprint density at radius 3 is 2.41 bits per heavy atom. The summed E-state index contributed by atoms with van der Waals surface area (Å²) >= 11 is 0. The quantitative estimate of drug-likeness (QED) is 0.580. The number of rotatable bonds is 6. The number of aromatic nitrogens is 1. The molecule has 180 valence electrons. The second-order valence-electron chi connectivity index (χ2n) is 9.91. The Hall–Kier alpha value is -3.19. The molecule has 0 bridgehead atoms. The third-order valence-electron chi connectivity index (χ3n) is 6.03. The first-order valence-electron chi connectivity index (χ1n) is 11.8. The van der Waals surface area contributed by atoms with Crippen molar-refractivity contribution in [2.24, 2.45) is 5.73 Å². The average molecular weight is 466 g/mol. The molecule has 2 N–H and O–H groups in total. The molecule has 1 aliphatic rings. The van der Waals surface area contributed by atoms with E-state index in [1.807, 2.05) is 6.07 Å². The zero-order chi connectivity index (χ0) is 24.5. The number of amides is 1. The fourth-order valence-electron chi connectivity index (χ4n) is 4.50. The maximum Gasteiger partial charge on any atom is 0.410 e. The van der Waals surface area contributed by atoms with Crippen LogP contribution in [0, 0.1) is 5.82 Å². The maximum atomic E-state index is 13.5. The Labute approximate surface area is 199 Å². The molecule has 0 aliphatic heterocycles. The number of nitrogens with two attached hydrogens (primary N) is 1. The second-order valence-corrected chi connectivity index (χ2v) is 9.91. The molecule has 6 nitrogen and oxygen atoms in total. The largest absolute Gasteiger partial charge is 0.444 e. The van der Waals surface area contributed by atoms with Gasteiger partial charge in [-0.2, -0.15) is 0 Å². The summed E-state index contributed by atoms with van der Waals surface area (Å²) in [6.45, 7) is 6.38. The van der Waals surface area contributed by atoms with Gasteiger partial charge >= 0.3 is 6.09 Å². The molecular weight excluding hydrogens is 433 g/mol. The zero-order valence-electron chi connectivity index (χ0n) is 20.1. The van der Waals surface area contributed by atoms with Crippen molar-refractivity contribution in [1.29, 1.82) is 0 Å². The van der Waals surface area contributed by atoms with E-state index in [4.69, 9.17) is 10.5 Å². The lowest BCUT2D eigenvalue weighted by molar-refractivity contribution is 0.0215. The summed E-state index contributed by atoms with van der Waals surface area (Å²) in [5.74, 6) is -0.348. The number of ether oxygens (including phenoxy) is 1. The molecule has 0 fully saturated rings. The van der Waals surface area contributed by atoms with E-state index in [1.54, 1.807) is 37.5 Å². The maximum absolute atomic E-state index is 13.5. The van der Waals surface area contributed by atoms with Gasteiger partial charge in [0.15, 0.2) is 0 Å². The summed E-state index contributed by atoms with van der Waals surface area (Å²) in [4.78, 5) is 28.1. The fourth-order valence-corrected chi connectivity index (χ4v) is 4.50. The molecule has 7 heteroatoms. The first-order chi connectivity index (χ1) is 16.1.